The molecule has 0 amide bonds. The average Bonchev–Trinajstić information content (AvgIpc) is 1.85. The van der Waals surface area contributed by atoms with Gasteiger partial charge in [-0.25, -0.2) is 0 Å². The normalized spacial score (nSPS) is 12.0. The van der Waals surface area contributed by atoms with Crippen molar-refractivity contribution in [1.82, 2.24) is 4.98 Å². The van der Waals surface area contributed by atoms with Crippen LogP contribution in [0.2, 0.25) is 0 Å². The summed E-state index contributed by atoms with van der Waals surface area (Å²) in [6.07, 6.45) is 1.85. The standard InChI is InChI=1S/C9H12ClN.ClH/c1-6-4-7(2)9(8(3)10)11-5-6;/h4-5,8H,1-3H3;1H. The molecule has 1 rings (SSSR count). The summed E-state index contributed by atoms with van der Waals surface area (Å²) in [5.74, 6) is 0. The lowest BCUT2D eigenvalue weighted by Gasteiger charge is -2.06. The second-order valence-electron chi connectivity index (χ2n) is 2.83. The maximum absolute atomic E-state index is 5.90. The Hall–Kier alpha value is -0.270. The summed E-state index contributed by atoms with van der Waals surface area (Å²) in [6.45, 7) is 6.00. The molecule has 12 heavy (non-hydrogen) atoms. The van der Waals surface area contributed by atoms with Crippen molar-refractivity contribution < 1.29 is 0 Å². The Morgan fingerprint density at radius 1 is 1.42 bits per heavy atom. The first-order valence-corrected chi connectivity index (χ1v) is 4.12. The van der Waals surface area contributed by atoms with Crippen molar-refractivity contribution in [3.63, 3.8) is 0 Å². The van der Waals surface area contributed by atoms with Gasteiger partial charge in [0.25, 0.3) is 0 Å². The highest BCUT2D eigenvalue weighted by atomic mass is 35.5. The lowest BCUT2D eigenvalue weighted by Crippen LogP contribution is -1.94. The number of pyridine rings is 1. The summed E-state index contributed by atoms with van der Waals surface area (Å²) in [7, 11) is 0. The Bertz CT molecular complexity index is 259. The number of rotatable bonds is 1. The lowest BCUT2D eigenvalue weighted by atomic mass is 10.1. The van der Waals surface area contributed by atoms with E-state index in [1.807, 2.05) is 27.0 Å². The quantitative estimate of drug-likeness (QED) is 0.641. The van der Waals surface area contributed by atoms with E-state index >= 15 is 0 Å². The molecule has 1 aromatic heterocycles. The molecule has 0 N–H and O–H groups in total. The Kier molecular flexibility index (Phi) is 4.58. The van der Waals surface area contributed by atoms with Gasteiger partial charge >= 0.3 is 0 Å². The maximum atomic E-state index is 5.90. The highest BCUT2D eigenvalue weighted by Gasteiger charge is 2.05. The maximum Gasteiger partial charge on any atom is 0.0732 e. The zero-order valence-electron chi connectivity index (χ0n) is 7.47. The molecule has 0 aliphatic rings. The van der Waals surface area contributed by atoms with Gasteiger partial charge in [0.15, 0.2) is 0 Å². The molecule has 0 bridgehead atoms. The van der Waals surface area contributed by atoms with Crippen molar-refractivity contribution in [3.05, 3.63) is 29.1 Å². The van der Waals surface area contributed by atoms with Crippen molar-refractivity contribution in [2.75, 3.05) is 0 Å². The zero-order valence-corrected chi connectivity index (χ0v) is 9.04. The van der Waals surface area contributed by atoms with Gasteiger partial charge < -0.3 is 0 Å². The van der Waals surface area contributed by atoms with Crippen LogP contribution in [0.5, 0.6) is 0 Å². The number of hydrogen-bond acceptors (Lipinski definition) is 1. The van der Waals surface area contributed by atoms with Crippen molar-refractivity contribution in [2.24, 2.45) is 0 Å². The zero-order chi connectivity index (χ0) is 8.43. The largest absolute Gasteiger partial charge is 0.259 e. The van der Waals surface area contributed by atoms with Crippen LogP contribution in [0.15, 0.2) is 12.3 Å². The van der Waals surface area contributed by atoms with Gasteiger partial charge in [0, 0.05) is 6.20 Å². The second-order valence-corrected chi connectivity index (χ2v) is 3.49. The molecule has 1 heterocycles. The van der Waals surface area contributed by atoms with Crippen LogP contribution in [-0.4, -0.2) is 4.98 Å². The summed E-state index contributed by atoms with van der Waals surface area (Å²) in [4.78, 5) is 4.25. The van der Waals surface area contributed by atoms with E-state index in [4.69, 9.17) is 11.6 Å². The van der Waals surface area contributed by atoms with Crippen LogP contribution in [0.4, 0.5) is 0 Å². The minimum Gasteiger partial charge on any atom is -0.259 e. The van der Waals surface area contributed by atoms with Gasteiger partial charge in [0.05, 0.1) is 11.1 Å². The third kappa shape index (κ3) is 2.65. The predicted molar refractivity (Wildman–Crippen MR) is 55.2 cm³/mol. The van der Waals surface area contributed by atoms with E-state index in [-0.39, 0.29) is 17.8 Å². The first-order valence-electron chi connectivity index (χ1n) is 3.68. The van der Waals surface area contributed by atoms with Gasteiger partial charge in [0.1, 0.15) is 0 Å². The molecule has 0 spiro atoms. The summed E-state index contributed by atoms with van der Waals surface area (Å²) >= 11 is 5.90. The average molecular weight is 206 g/mol. The van der Waals surface area contributed by atoms with Crippen LogP contribution < -0.4 is 0 Å². The number of hydrogen-bond donors (Lipinski definition) is 0. The van der Waals surface area contributed by atoms with Gasteiger partial charge in [-0.05, 0) is 31.9 Å². The van der Waals surface area contributed by atoms with Crippen molar-refractivity contribution in [3.8, 4) is 0 Å². The summed E-state index contributed by atoms with van der Waals surface area (Å²) in [5, 5.41) is 0.00981. The van der Waals surface area contributed by atoms with Crippen LogP contribution in [0.1, 0.15) is 29.1 Å². The summed E-state index contributed by atoms with van der Waals surface area (Å²) < 4.78 is 0. The second kappa shape index (κ2) is 4.68. The fourth-order valence-corrected chi connectivity index (χ4v) is 1.37. The topological polar surface area (TPSA) is 12.9 Å². The smallest absolute Gasteiger partial charge is 0.0732 e. The van der Waals surface area contributed by atoms with Crippen LogP contribution in [0.25, 0.3) is 0 Å². The number of aromatic nitrogens is 1. The molecule has 1 aromatic rings. The molecule has 0 aromatic carbocycles. The number of alkyl halides is 1. The number of halogens is 2. The van der Waals surface area contributed by atoms with Gasteiger partial charge in [-0.15, -0.1) is 24.0 Å². The van der Waals surface area contributed by atoms with Crippen LogP contribution in [0, 0.1) is 13.8 Å². The van der Waals surface area contributed by atoms with Crippen molar-refractivity contribution >= 4 is 24.0 Å². The monoisotopic (exact) mass is 205 g/mol. The van der Waals surface area contributed by atoms with E-state index < -0.39 is 0 Å². The van der Waals surface area contributed by atoms with E-state index in [9.17, 15) is 0 Å². The number of aryl methyl sites for hydroxylation is 2. The van der Waals surface area contributed by atoms with Crippen LogP contribution >= 0.6 is 24.0 Å². The number of nitrogens with zero attached hydrogens (tertiary/aromatic N) is 1. The van der Waals surface area contributed by atoms with Gasteiger partial charge in [-0.2, -0.15) is 0 Å². The van der Waals surface area contributed by atoms with E-state index in [0.29, 0.717) is 0 Å². The molecule has 1 unspecified atom stereocenters. The molecular weight excluding hydrogens is 193 g/mol. The molecule has 1 atom stereocenters. The van der Waals surface area contributed by atoms with E-state index in [1.165, 1.54) is 11.1 Å². The van der Waals surface area contributed by atoms with Crippen molar-refractivity contribution in [2.45, 2.75) is 26.1 Å². The summed E-state index contributed by atoms with van der Waals surface area (Å²) in [6, 6.07) is 2.10. The Balaban J connectivity index is 0.00000121. The Morgan fingerprint density at radius 3 is 2.42 bits per heavy atom. The highest BCUT2D eigenvalue weighted by Crippen LogP contribution is 2.20. The van der Waals surface area contributed by atoms with Crippen LogP contribution in [0.3, 0.4) is 0 Å². The molecule has 1 nitrogen and oxygen atoms in total. The lowest BCUT2D eigenvalue weighted by molar-refractivity contribution is 0.965. The Labute approximate surface area is 84.6 Å². The predicted octanol–water partition coefficient (Wildman–Crippen LogP) is 3.42. The minimum absolute atomic E-state index is 0. The fourth-order valence-electron chi connectivity index (χ4n) is 1.14. The first-order chi connectivity index (χ1) is 5.11. The Morgan fingerprint density at radius 2 is 2.00 bits per heavy atom. The molecule has 3 heteroatoms. The highest BCUT2D eigenvalue weighted by molar-refractivity contribution is 6.20. The molecule has 0 radical (unpaired) electrons. The summed E-state index contributed by atoms with van der Waals surface area (Å²) in [5.41, 5.74) is 3.34. The SMILES string of the molecule is Cc1cnc(C(C)Cl)c(C)c1.Cl. The molecule has 0 fully saturated rings. The van der Waals surface area contributed by atoms with Crippen LogP contribution in [-0.2, 0) is 0 Å². The molecule has 0 saturated heterocycles. The molecule has 0 aliphatic heterocycles. The van der Waals surface area contributed by atoms with Gasteiger partial charge in [-0.3, -0.25) is 4.98 Å². The minimum atomic E-state index is 0. The van der Waals surface area contributed by atoms with Crippen molar-refractivity contribution in [1.29, 1.82) is 0 Å². The first kappa shape index (κ1) is 11.7. The van der Waals surface area contributed by atoms with Gasteiger partial charge in [-0.1, -0.05) is 6.07 Å². The third-order valence-corrected chi connectivity index (χ3v) is 1.84. The van der Waals surface area contributed by atoms with Gasteiger partial charge in [0.2, 0.25) is 0 Å². The third-order valence-electron chi connectivity index (χ3n) is 1.63. The molecule has 0 aliphatic carbocycles. The molecular formula is C9H13Cl2N. The van der Waals surface area contributed by atoms with E-state index in [2.05, 4.69) is 11.1 Å². The van der Waals surface area contributed by atoms with E-state index in [0.717, 1.165) is 5.69 Å². The molecule has 68 valence electrons. The molecule has 0 saturated carbocycles. The fraction of sp³-hybridized carbons (Fsp3) is 0.444. The van der Waals surface area contributed by atoms with E-state index in [1.54, 1.807) is 0 Å².